The van der Waals surface area contributed by atoms with Crippen molar-refractivity contribution in [1.82, 2.24) is 23.6 Å². The minimum absolute atomic E-state index is 0.116. The van der Waals surface area contributed by atoms with Crippen molar-refractivity contribution in [2.45, 2.75) is 25.3 Å². The van der Waals surface area contributed by atoms with E-state index in [0.29, 0.717) is 51.6 Å². The predicted octanol–water partition coefficient (Wildman–Crippen LogP) is -1.42. The highest BCUT2D eigenvalue weighted by Crippen LogP contribution is 2.26. The third-order valence-electron chi connectivity index (χ3n) is 4.94. The summed E-state index contributed by atoms with van der Waals surface area (Å²) in [4.78, 5) is 26.5. The highest BCUT2D eigenvalue weighted by atomic mass is 32.2. The van der Waals surface area contributed by atoms with Gasteiger partial charge in [0.25, 0.3) is 0 Å². The highest BCUT2D eigenvalue weighted by Gasteiger charge is 2.30. The Morgan fingerprint density at radius 3 is 2.62 bits per heavy atom. The first-order valence-electron chi connectivity index (χ1n) is 8.71. The van der Waals surface area contributed by atoms with Crippen LogP contribution in [0.5, 0.6) is 0 Å². The molecule has 0 saturated carbocycles. The van der Waals surface area contributed by atoms with Crippen LogP contribution >= 0.6 is 0 Å². The molecule has 1 amide bonds. The van der Waals surface area contributed by atoms with E-state index in [1.165, 1.54) is 19.8 Å². The Hall–Kier alpha value is -1.72. The quantitative estimate of drug-likeness (QED) is 0.628. The molecule has 2 fully saturated rings. The van der Waals surface area contributed by atoms with Crippen molar-refractivity contribution in [3.05, 3.63) is 16.3 Å². The number of nitrogens with zero attached hydrogens (tertiary/aromatic N) is 5. The molecule has 3 heterocycles. The topological polar surface area (TPSA) is 107 Å². The van der Waals surface area contributed by atoms with Gasteiger partial charge in [-0.2, -0.15) is 5.10 Å². The minimum atomic E-state index is -3.28. The van der Waals surface area contributed by atoms with Gasteiger partial charge in [0.15, 0.2) is 0 Å². The zero-order valence-corrected chi connectivity index (χ0v) is 15.9. The summed E-state index contributed by atoms with van der Waals surface area (Å²) in [6.45, 7) is 2.70. The van der Waals surface area contributed by atoms with E-state index in [2.05, 4.69) is 5.10 Å². The molecule has 0 spiro atoms. The van der Waals surface area contributed by atoms with Crippen LogP contribution in [0.4, 0.5) is 0 Å². The van der Waals surface area contributed by atoms with Crippen LogP contribution in [0, 0.1) is 0 Å². The fraction of sp³-hybridized carbons (Fsp3) is 0.800. The number of piperidine rings is 1. The molecule has 2 saturated heterocycles. The number of rotatable bonds is 4. The largest absolute Gasteiger partial charge is 0.378 e. The van der Waals surface area contributed by atoms with Crippen LogP contribution in [0.25, 0.3) is 0 Å². The second-order valence-corrected chi connectivity index (χ2v) is 8.79. The monoisotopic (exact) mass is 387 g/mol. The molecule has 146 valence electrons. The molecule has 0 aromatic carbocycles. The van der Waals surface area contributed by atoms with Crippen LogP contribution < -0.4 is 5.69 Å². The number of aromatic nitrogens is 3. The number of morpholine rings is 1. The summed E-state index contributed by atoms with van der Waals surface area (Å²) in [6.07, 6.45) is 2.66. The van der Waals surface area contributed by atoms with E-state index < -0.39 is 10.0 Å². The van der Waals surface area contributed by atoms with E-state index in [1.807, 2.05) is 0 Å². The van der Waals surface area contributed by atoms with Gasteiger partial charge in [-0.15, -0.1) is 0 Å². The molecular weight excluding hydrogens is 362 g/mol. The molecule has 0 bridgehead atoms. The second-order valence-electron chi connectivity index (χ2n) is 6.81. The van der Waals surface area contributed by atoms with E-state index in [9.17, 15) is 18.0 Å². The molecule has 1 aromatic heterocycles. The minimum Gasteiger partial charge on any atom is -0.378 e. The van der Waals surface area contributed by atoms with Gasteiger partial charge in [0.2, 0.25) is 15.9 Å². The Labute approximate surface area is 152 Å². The van der Waals surface area contributed by atoms with Gasteiger partial charge in [-0.3, -0.25) is 9.36 Å². The van der Waals surface area contributed by atoms with Crippen molar-refractivity contribution in [2.75, 3.05) is 45.6 Å². The third kappa shape index (κ3) is 3.99. The molecule has 2 aliphatic rings. The molecule has 10 nitrogen and oxygen atoms in total. The van der Waals surface area contributed by atoms with E-state index in [0.717, 1.165) is 6.42 Å². The molecule has 26 heavy (non-hydrogen) atoms. The predicted molar refractivity (Wildman–Crippen MR) is 93.3 cm³/mol. The van der Waals surface area contributed by atoms with Crippen LogP contribution in [0.15, 0.2) is 4.79 Å². The summed E-state index contributed by atoms with van der Waals surface area (Å²) < 4.78 is 32.9. The number of ether oxygens (including phenoxy) is 1. The second kappa shape index (κ2) is 7.49. The maximum atomic E-state index is 12.5. The van der Waals surface area contributed by atoms with Crippen molar-refractivity contribution >= 4 is 15.9 Å². The highest BCUT2D eigenvalue weighted by molar-refractivity contribution is 7.88. The van der Waals surface area contributed by atoms with Crippen LogP contribution in [0.3, 0.4) is 0 Å². The summed E-state index contributed by atoms with van der Waals surface area (Å²) in [5, 5.41) is 4.35. The van der Waals surface area contributed by atoms with Gasteiger partial charge >= 0.3 is 5.69 Å². The molecule has 3 rings (SSSR count). The Bertz CT molecular complexity index is 824. The molecular formula is C15H25N5O5S. The lowest BCUT2D eigenvalue weighted by Crippen LogP contribution is -2.43. The zero-order chi connectivity index (χ0) is 18.9. The van der Waals surface area contributed by atoms with Crippen molar-refractivity contribution < 1.29 is 17.9 Å². The van der Waals surface area contributed by atoms with Crippen molar-refractivity contribution in [2.24, 2.45) is 7.05 Å². The first-order chi connectivity index (χ1) is 12.3. The third-order valence-corrected chi connectivity index (χ3v) is 6.21. The van der Waals surface area contributed by atoms with Crippen LogP contribution in [-0.4, -0.2) is 83.5 Å². The average molecular weight is 387 g/mol. The van der Waals surface area contributed by atoms with Crippen molar-refractivity contribution in [1.29, 1.82) is 0 Å². The van der Waals surface area contributed by atoms with E-state index in [1.54, 1.807) is 11.9 Å². The summed E-state index contributed by atoms with van der Waals surface area (Å²) in [7, 11) is -1.67. The molecule has 2 aliphatic heterocycles. The summed E-state index contributed by atoms with van der Waals surface area (Å²) in [5.74, 6) is 0.204. The fourth-order valence-electron chi connectivity index (χ4n) is 3.46. The normalized spacial score (nSPS) is 22.5. The van der Waals surface area contributed by atoms with Gasteiger partial charge < -0.3 is 9.64 Å². The Kier molecular flexibility index (Phi) is 5.49. The number of carbonyl (C=O) groups is 1. The lowest BCUT2D eigenvalue weighted by Gasteiger charge is -2.30. The number of sulfonamides is 1. The van der Waals surface area contributed by atoms with Crippen LogP contribution in [-0.2, 0) is 33.1 Å². The van der Waals surface area contributed by atoms with Crippen molar-refractivity contribution in [3.8, 4) is 0 Å². The molecule has 0 radical (unpaired) electrons. The maximum absolute atomic E-state index is 12.5. The van der Waals surface area contributed by atoms with Crippen LogP contribution in [0.2, 0.25) is 0 Å². The summed E-state index contributed by atoms with van der Waals surface area (Å²) in [6, 6.07) is 0. The Balaban J connectivity index is 1.76. The van der Waals surface area contributed by atoms with Crippen molar-refractivity contribution in [3.63, 3.8) is 0 Å². The van der Waals surface area contributed by atoms with Crippen LogP contribution in [0.1, 0.15) is 24.6 Å². The fourth-order valence-corrected chi connectivity index (χ4v) is 4.37. The lowest BCUT2D eigenvalue weighted by molar-refractivity contribution is -0.136. The van der Waals surface area contributed by atoms with Gasteiger partial charge in [0, 0.05) is 39.1 Å². The average Bonchev–Trinajstić information content (AvgIpc) is 2.90. The summed E-state index contributed by atoms with van der Waals surface area (Å²) >= 11 is 0. The van der Waals surface area contributed by atoms with Gasteiger partial charge in [-0.25, -0.2) is 22.2 Å². The lowest BCUT2D eigenvalue weighted by atomic mass is 9.99. The Morgan fingerprint density at radius 1 is 1.27 bits per heavy atom. The van der Waals surface area contributed by atoms with Gasteiger partial charge in [0.1, 0.15) is 12.4 Å². The standard InChI is InChI=1S/C15H25N5O5S/c1-17-14(12-4-3-5-19(10-12)26(2,23)24)16-20(15(17)22)11-13(21)18-6-8-25-9-7-18/h12H,3-11H2,1-2H3/t12-/m0/s1. The smallest absolute Gasteiger partial charge is 0.346 e. The maximum Gasteiger partial charge on any atom is 0.346 e. The Morgan fingerprint density at radius 2 is 1.96 bits per heavy atom. The molecule has 0 N–H and O–H groups in total. The van der Waals surface area contributed by atoms with E-state index >= 15 is 0 Å². The first kappa shape index (κ1) is 19.1. The number of hydrogen-bond donors (Lipinski definition) is 0. The van der Waals surface area contributed by atoms with Gasteiger partial charge in [0.05, 0.1) is 19.5 Å². The van der Waals surface area contributed by atoms with Gasteiger partial charge in [-0.05, 0) is 12.8 Å². The SMILES string of the molecule is Cn1c([C@H]2CCCN(S(C)(=O)=O)C2)nn(CC(=O)N2CCOCC2)c1=O. The number of carbonyl (C=O) groups excluding carboxylic acids is 1. The number of hydrogen-bond acceptors (Lipinski definition) is 6. The molecule has 0 unspecified atom stereocenters. The summed E-state index contributed by atoms with van der Waals surface area (Å²) in [5.41, 5.74) is -0.363. The van der Waals surface area contributed by atoms with Gasteiger partial charge in [-0.1, -0.05) is 0 Å². The number of amides is 1. The zero-order valence-electron chi connectivity index (χ0n) is 15.1. The molecule has 1 atom stereocenters. The van der Waals surface area contributed by atoms with E-state index in [-0.39, 0.29) is 24.1 Å². The molecule has 0 aliphatic carbocycles. The first-order valence-corrected chi connectivity index (χ1v) is 10.6. The van der Waals surface area contributed by atoms with E-state index in [4.69, 9.17) is 4.74 Å². The molecule has 1 aromatic rings. The molecule has 11 heteroatoms.